The maximum Gasteiger partial charge on any atom is 0.294 e. The van der Waals surface area contributed by atoms with Crippen molar-refractivity contribution in [1.82, 2.24) is 10.3 Å². The number of aromatic nitrogens is 1. The third kappa shape index (κ3) is 2.21. The Hall–Kier alpha value is -1.03. The zero-order valence-corrected chi connectivity index (χ0v) is 7.84. The van der Waals surface area contributed by atoms with Gasteiger partial charge in [0.2, 0.25) is 0 Å². The van der Waals surface area contributed by atoms with Crippen molar-refractivity contribution in [2.24, 2.45) is 0 Å². The monoisotopic (exact) mass is 181 g/mol. The second kappa shape index (κ2) is 3.79. The number of aryl methyl sites for hydroxylation is 1. The molecule has 13 heavy (non-hydrogen) atoms. The number of piperidine rings is 1. The minimum absolute atomic E-state index is 0.513. The summed E-state index contributed by atoms with van der Waals surface area (Å²) in [6, 6.07) is 1.17. The molecule has 72 valence electrons. The number of nitrogens with one attached hydrogen (secondary N) is 2. The van der Waals surface area contributed by atoms with Crippen molar-refractivity contribution in [1.29, 1.82) is 0 Å². The van der Waals surface area contributed by atoms with Gasteiger partial charge in [-0.1, -0.05) is 0 Å². The van der Waals surface area contributed by atoms with E-state index in [1.807, 2.05) is 6.92 Å². The quantitative estimate of drug-likeness (QED) is 0.718. The Balaban J connectivity index is 1.89. The van der Waals surface area contributed by atoms with E-state index in [1.54, 1.807) is 6.26 Å². The van der Waals surface area contributed by atoms with Crippen molar-refractivity contribution < 1.29 is 4.42 Å². The Morgan fingerprint density at radius 2 is 2.31 bits per heavy atom. The van der Waals surface area contributed by atoms with Crippen LogP contribution in [0.4, 0.5) is 6.01 Å². The van der Waals surface area contributed by atoms with Gasteiger partial charge in [-0.2, -0.15) is 4.98 Å². The third-order valence-corrected chi connectivity index (χ3v) is 2.29. The first-order valence-corrected chi connectivity index (χ1v) is 4.74. The first-order chi connectivity index (χ1) is 6.34. The number of hydrogen-bond acceptors (Lipinski definition) is 4. The first-order valence-electron chi connectivity index (χ1n) is 4.74. The van der Waals surface area contributed by atoms with Gasteiger partial charge in [-0.15, -0.1) is 0 Å². The van der Waals surface area contributed by atoms with Gasteiger partial charge in [-0.3, -0.25) is 0 Å². The molecule has 0 atom stereocenters. The number of rotatable bonds is 2. The summed E-state index contributed by atoms with van der Waals surface area (Å²) in [7, 11) is 0. The fourth-order valence-corrected chi connectivity index (χ4v) is 1.56. The van der Waals surface area contributed by atoms with E-state index in [-0.39, 0.29) is 0 Å². The van der Waals surface area contributed by atoms with Gasteiger partial charge in [0, 0.05) is 6.04 Å². The van der Waals surface area contributed by atoms with Crippen molar-refractivity contribution in [2.45, 2.75) is 25.8 Å². The molecule has 2 N–H and O–H groups in total. The van der Waals surface area contributed by atoms with Crippen LogP contribution in [-0.4, -0.2) is 24.1 Å². The summed E-state index contributed by atoms with van der Waals surface area (Å²) in [5.41, 5.74) is 0.927. The van der Waals surface area contributed by atoms with Crippen LogP contribution in [0.25, 0.3) is 0 Å². The molecule has 0 aliphatic carbocycles. The number of anilines is 1. The lowest BCUT2D eigenvalue weighted by molar-refractivity contribution is 0.462. The highest BCUT2D eigenvalue weighted by Crippen LogP contribution is 2.12. The van der Waals surface area contributed by atoms with Gasteiger partial charge in [-0.25, -0.2) is 0 Å². The largest absolute Gasteiger partial charge is 0.432 e. The number of nitrogens with zero attached hydrogens (tertiary/aromatic N) is 1. The molecule has 0 aromatic carbocycles. The average molecular weight is 181 g/mol. The van der Waals surface area contributed by atoms with Gasteiger partial charge < -0.3 is 15.1 Å². The molecule has 1 aromatic heterocycles. The molecule has 4 nitrogen and oxygen atoms in total. The van der Waals surface area contributed by atoms with Crippen LogP contribution in [0.2, 0.25) is 0 Å². The molecule has 4 heteroatoms. The molecule has 1 saturated heterocycles. The van der Waals surface area contributed by atoms with E-state index in [0.29, 0.717) is 12.1 Å². The minimum atomic E-state index is 0.513. The molecule has 2 rings (SSSR count). The summed E-state index contributed by atoms with van der Waals surface area (Å²) in [5.74, 6) is 0. The van der Waals surface area contributed by atoms with Crippen LogP contribution in [-0.2, 0) is 0 Å². The van der Waals surface area contributed by atoms with Gasteiger partial charge in [-0.05, 0) is 32.9 Å². The zero-order valence-electron chi connectivity index (χ0n) is 7.84. The van der Waals surface area contributed by atoms with E-state index < -0.39 is 0 Å². The van der Waals surface area contributed by atoms with Crippen LogP contribution in [0.5, 0.6) is 0 Å². The number of oxazole rings is 1. The van der Waals surface area contributed by atoms with E-state index in [4.69, 9.17) is 4.42 Å². The first kappa shape index (κ1) is 8.56. The van der Waals surface area contributed by atoms with Crippen LogP contribution in [0, 0.1) is 6.92 Å². The molecule has 0 saturated carbocycles. The zero-order chi connectivity index (χ0) is 9.10. The maximum absolute atomic E-state index is 5.22. The fraction of sp³-hybridized carbons (Fsp3) is 0.667. The van der Waals surface area contributed by atoms with Crippen LogP contribution in [0.15, 0.2) is 10.7 Å². The maximum atomic E-state index is 5.22. The van der Waals surface area contributed by atoms with Crippen LogP contribution < -0.4 is 10.6 Å². The van der Waals surface area contributed by atoms with Crippen molar-refractivity contribution in [3.63, 3.8) is 0 Å². The van der Waals surface area contributed by atoms with Crippen LogP contribution in [0.3, 0.4) is 0 Å². The number of hydrogen-bond donors (Lipinski definition) is 2. The molecule has 2 heterocycles. The standard InChI is InChI=1S/C9H15N3O/c1-7-6-13-9(11-7)12-8-2-4-10-5-3-8/h6,8,10H,2-5H2,1H3,(H,11,12). The predicted molar refractivity (Wildman–Crippen MR) is 50.8 cm³/mol. The summed E-state index contributed by atoms with van der Waals surface area (Å²) in [6.45, 7) is 4.09. The van der Waals surface area contributed by atoms with E-state index in [2.05, 4.69) is 15.6 Å². The fourth-order valence-electron chi connectivity index (χ4n) is 1.56. The lowest BCUT2D eigenvalue weighted by atomic mass is 10.1. The molecule has 1 aliphatic heterocycles. The molecule has 1 aliphatic rings. The lowest BCUT2D eigenvalue weighted by Crippen LogP contribution is -2.35. The molecular formula is C9H15N3O. The SMILES string of the molecule is Cc1coc(NC2CCNCC2)n1. The van der Waals surface area contributed by atoms with E-state index >= 15 is 0 Å². The van der Waals surface area contributed by atoms with E-state index in [1.165, 1.54) is 0 Å². The Morgan fingerprint density at radius 1 is 1.54 bits per heavy atom. The highest BCUT2D eigenvalue weighted by Gasteiger charge is 2.14. The van der Waals surface area contributed by atoms with Crippen molar-refractivity contribution in [3.05, 3.63) is 12.0 Å². The summed E-state index contributed by atoms with van der Waals surface area (Å²) < 4.78 is 5.22. The van der Waals surface area contributed by atoms with Gasteiger partial charge in [0.05, 0.1) is 5.69 Å². The van der Waals surface area contributed by atoms with Crippen LogP contribution >= 0.6 is 0 Å². The lowest BCUT2D eigenvalue weighted by Gasteiger charge is -2.22. The topological polar surface area (TPSA) is 50.1 Å². The Bertz CT molecular complexity index is 266. The molecule has 0 spiro atoms. The molecule has 0 radical (unpaired) electrons. The van der Waals surface area contributed by atoms with E-state index in [9.17, 15) is 0 Å². The summed E-state index contributed by atoms with van der Waals surface area (Å²) >= 11 is 0. The smallest absolute Gasteiger partial charge is 0.294 e. The highest BCUT2D eigenvalue weighted by atomic mass is 16.4. The second-order valence-corrected chi connectivity index (χ2v) is 3.46. The minimum Gasteiger partial charge on any atom is -0.432 e. The molecule has 0 bridgehead atoms. The van der Waals surface area contributed by atoms with Crippen molar-refractivity contribution in [2.75, 3.05) is 18.4 Å². The highest BCUT2D eigenvalue weighted by molar-refractivity contribution is 5.22. The molecule has 0 amide bonds. The van der Waals surface area contributed by atoms with Crippen LogP contribution in [0.1, 0.15) is 18.5 Å². The van der Waals surface area contributed by atoms with E-state index in [0.717, 1.165) is 31.6 Å². The second-order valence-electron chi connectivity index (χ2n) is 3.46. The molecule has 0 unspecified atom stereocenters. The molecular weight excluding hydrogens is 166 g/mol. The summed E-state index contributed by atoms with van der Waals surface area (Å²) in [4.78, 5) is 4.21. The Labute approximate surface area is 77.7 Å². The van der Waals surface area contributed by atoms with Gasteiger partial charge in [0.15, 0.2) is 0 Å². The van der Waals surface area contributed by atoms with Gasteiger partial charge in [0.1, 0.15) is 6.26 Å². The molecule has 1 aromatic rings. The van der Waals surface area contributed by atoms with Gasteiger partial charge in [0.25, 0.3) is 6.01 Å². The van der Waals surface area contributed by atoms with Crippen molar-refractivity contribution >= 4 is 6.01 Å². The normalized spacial score (nSPS) is 18.8. The predicted octanol–water partition coefficient (Wildman–Crippen LogP) is 1.15. The third-order valence-electron chi connectivity index (χ3n) is 2.29. The average Bonchev–Trinajstić information content (AvgIpc) is 2.53. The Kier molecular flexibility index (Phi) is 2.49. The Morgan fingerprint density at radius 3 is 2.92 bits per heavy atom. The van der Waals surface area contributed by atoms with Crippen molar-refractivity contribution in [3.8, 4) is 0 Å². The summed E-state index contributed by atoms with van der Waals surface area (Å²) in [6.07, 6.45) is 3.95. The summed E-state index contributed by atoms with van der Waals surface area (Å²) in [5, 5.41) is 6.60. The molecule has 1 fully saturated rings. The van der Waals surface area contributed by atoms with Gasteiger partial charge >= 0.3 is 0 Å².